The fourth-order valence-electron chi connectivity index (χ4n) is 7.65. The van der Waals surface area contributed by atoms with E-state index in [4.69, 9.17) is 13.9 Å². The zero-order valence-corrected chi connectivity index (χ0v) is 33.9. The van der Waals surface area contributed by atoms with Gasteiger partial charge in [-0.3, -0.25) is 29.3 Å². The largest absolute Gasteiger partial charge is 0.444 e. The maximum atomic E-state index is 14.2. The molecule has 1 unspecified atom stereocenters. The number of amides is 4. The van der Waals surface area contributed by atoms with Crippen molar-refractivity contribution in [1.29, 1.82) is 0 Å². The lowest BCUT2D eigenvalue weighted by Crippen LogP contribution is -2.48. The fourth-order valence-corrected chi connectivity index (χ4v) is 7.65. The topological polar surface area (TPSA) is 164 Å². The first-order valence-electron chi connectivity index (χ1n) is 20.2. The van der Waals surface area contributed by atoms with Gasteiger partial charge in [-0.2, -0.15) is 5.10 Å². The molecule has 4 aliphatic rings. The Labute approximate surface area is 341 Å². The summed E-state index contributed by atoms with van der Waals surface area (Å²) in [6.07, 6.45) is 9.48. The number of aromatic nitrogens is 3. The molecule has 316 valence electrons. The number of imide groups is 1. The Balaban J connectivity index is 0.877. The lowest BCUT2D eigenvalue weighted by Gasteiger charge is -2.32. The van der Waals surface area contributed by atoms with Gasteiger partial charge in [0.25, 0.3) is 24.1 Å². The van der Waals surface area contributed by atoms with Crippen molar-refractivity contribution >= 4 is 35.1 Å². The Kier molecular flexibility index (Phi) is 12.6. The Bertz CT molecular complexity index is 2040. The SMILES string of the molecule is CN(CCOCCN1C(=O)c2ccccc2C1=O)CC1CCC(n2cc(NC(=O)c3coc(C4=CC(NC(=O)OC(C)(C)C)N(CC5CC5)C=C4)n3)c(C(F)F)n2)CC1. The summed E-state index contributed by atoms with van der Waals surface area (Å²) in [4.78, 5) is 60.8. The number of hydrogen-bond acceptors (Lipinski definition) is 11. The number of anilines is 1. The van der Waals surface area contributed by atoms with Crippen LogP contribution in [0.4, 0.5) is 19.3 Å². The molecule has 1 atom stereocenters. The second kappa shape index (κ2) is 17.8. The molecule has 2 aliphatic carbocycles. The highest BCUT2D eigenvalue weighted by atomic mass is 19.3. The summed E-state index contributed by atoms with van der Waals surface area (Å²) in [6, 6.07) is 6.70. The van der Waals surface area contributed by atoms with Crippen LogP contribution in [0.25, 0.3) is 5.57 Å². The van der Waals surface area contributed by atoms with Gasteiger partial charge in [-0.25, -0.2) is 18.6 Å². The van der Waals surface area contributed by atoms with Gasteiger partial charge in [-0.1, -0.05) is 12.1 Å². The van der Waals surface area contributed by atoms with Gasteiger partial charge in [0.2, 0.25) is 5.89 Å². The fraction of sp³-hybridized carbons (Fsp3) is 0.524. The normalized spacial score (nSPS) is 20.7. The number of alkyl carbamates (subject to hydrolysis) is 1. The van der Waals surface area contributed by atoms with Crippen molar-refractivity contribution in [2.24, 2.45) is 11.8 Å². The van der Waals surface area contributed by atoms with E-state index in [-0.39, 0.29) is 48.3 Å². The minimum absolute atomic E-state index is 0.0893. The van der Waals surface area contributed by atoms with Crippen molar-refractivity contribution in [2.45, 2.75) is 83.5 Å². The van der Waals surface area contributed by atoms with Crippen molar-refractivity contribution < 1.29 is 41.8 Å². The van der Waals surface area contributed by atoms with E-state index < -0.39 is 35.9 Å². The molecule has 0 bridgehead atoms. The average molecular weight is 819 g/mol. The van der Waals surface area contributed by atoms with Crippen LogP contribution in [0.1, 0.15) is 115 Å². The molecule has 3 aromatic rings. The van der Waals surface area contributed by atoms with E-state index in [1.165, 1.54) is 22.0 Å². The van der Waals surface area contributed by atoms with E-state index >= 15 is 0 Å². The van der Waals surface area contributed by atoms with Crippen LogP contribution in [0.3, 0.4) is 0 Å². The number of alkyl halides is 2. The number of carbonyl (C=O) groups excluding carboxylic acids is 4. The van der Waals surface area contributed by atoms with Crippen molar-refractivity contribution in [2.75, 3.05) is 51.8 Å². The molecular formula is C42H52F2N8O7. The number of benzene rings is 1. The van der Waals surface area contributed by atoms with Crippen molar-refractivity contribution in [1.82, 2.24) is 34.8 Å². The molecule has 2 N–H and O–H groups in total. The number of hydrogen-bond donors (Lipinski definition) is 2. The van der Waals surface area contributed by atoms with Gasteiger partial charge in [0.15, 0.2) is 11.4 Å². The van der Waals surface area contributed by atoms with E-state index in [1.807, 2.05) is 18.1 Å². The van der Waals surface area contributed by atoms with Crippen LogP contribution < -0.4 is 10.6 Å². The van der Waals surface area contributed by atoms with E-state index in [2.05, 4.69) is 25.6 Å². The smallest absolute Gasteiger partial charge is 0.409 e. The number of allylic oxidation sites excluding steroid dienone is 2. The first-order valence-corrected chi connectivity index (χ1v) is 20.2. The molecule has 2 saturated carbocycles. The standard InChI is InChI=1S/C42H52F2N8O7/c1-42(2,3)59-41(56)47-34-21-28(15-16-50(34)23-27-9-10-27)38-46-33(25-58-38)37(53)45-32-24-52(48-35(32)36(43)44)29-13-11-26(12-14-29)22-49(4)17-19-57-20-18-51-39(54)30-7-5-6-8-31(30)40(51)55/h5-8,15-16,21,24-27,29,34,36H,9-14,17-20,22-23H2,1-4H3,(H,45,53)(H,47,56). The molecule has 4 amide bonds. The van der Waals surface area contributed by atoms with Gasteiger partial charge in [0, 0.05) is 37.6 Å². The first kappa shape index (κ1) is 41.7. The van der Waals surface area contributed by atoms with Crippen LogP contribution in [0.15, 0.2) is 59.5 Å². The third-order valence-corrected chi connectivity index (χ3v) is 10.9. The molecule has 0 saturated heterocycles. The average Bonchev–Trinajstić information content (AvgIpc) is 3.58. The van der Waals surface area contributed by atoms with Crippen molar-refractivity contribution in [3.63, 3.8) is 0 Å². The number of likely N-dealkylation sites (N-methyl/N-ethyl adjacent to an activating group) is 1. The molecule has 17 heteroatoms. The number of nitrogens with one attached hydrogen (secondary N) is 2. The van der Waals surface area contributed by atoms with Crippen LogP contribution in [-0.2, 0) is 9.47 Å². The number of rotatable bonds is 16. The predicted molar refractivity (Wildman–Crippen MR) is 212 cm³/mol. The summed E-state index contributed by atoms with van der Waals surface area (Å²) in [5.41, 5.74) is -0.00370. The quantitative estimate of drug-likeness (QED) is 0.120. The Hall–Kier alpha value is -5.42. The minimum Gasteiger partial charge on any atom is -0.444 e. The van der Waals surface area contributed by atoms with Gasteiger partial charge in [-0.05, 0) is 102 Å². The molecule has 59 heavy (non-hydrogen) atoms. The zero-order chi connectivity index (χ0) is 41.8. The third kappa shape index (κ3) is 10.4. The molecule has 2 aliphatic heterocycles. The number of carbonyl (C=O) groups is 4. The number of nitrogens with zero attached hydrogens (tertiary/aromatic N) is 6. The molecule has 2 fully saturated rings. The lowest BCUT2D eigenvalue weighted by molar-refractivity contribution is 0.0470. The summed E-state index contributed by atoms with van der Waals surface area (Å²) in [5.74, 6) is -0.236. The minimum atomic E-state index is -2.91. The monoisotopic (exact) mass is 818 g/mol. The highest BCUT2D eigenvalue weighted by molar-refractivity contribution is 6.21. The summed E-state index contributed by atoms with van der Waals surface area (Å²) < 4.78 is 46.8. The van der Waals surface area contributed by atoms with Crippen LogP contribution in [-0.4, -0.2) is 111 Å². The predicted octanol–water partition coefficient (Wildman–Crippen LogP) is 6.51. The molecule has 0 radical (unpaired) electrons. The Morgan fingerprint density at radius 2 is 1.71 bits per heavy atom. The molecule has 2 aromatic heterocycles. The summed E-state index contributed by atoms with van der Waals surface area (Å²) in [6.45, 7) is 8.52. The third-order valence-electron chi connectivity index (χ3n) is 10.9. The molecule has 7 rings (SSSR count). The highest BCUT2D eigenvalue weighted by Gasteiger charge is 2.35. The second-order valence-electron chi connectivity index (χ2n) is 16.7. The van der Waals surface area contributed by atoms with Gasteiger partial charge in [0.05, 0.1) is 42.6 Å². The van der Waals surface area contributed by atoms with Gasteiger partial charge in [-0.15, -0.1) is 0 Å². The number of oxazole rings is 1. The number of halogens is 2. The molecule has 0 spiro atoms. The van der Waals surface area contributed by atoms with Crippen LogP contribution in [0.2, 0.25) is 0 Å². The van der Waals surface area contributed by atoms with Crippen molar-refractivity contribution in [3.8, 4) is 0 Å². The zero-order valence-electron chi connectivity index (χ0n) is 33.9. The van der Waals surface area contributed by atoms with Gasteiger partial charge >= 0.3 is 6.09 Å². The molecule has 4 heterocycles. The van der Waals surface area contributed by atoms with E-state index in [0.29, 0.717) is 41.7 Å². The van der Waals surface area contributed by atoms with Crippen LogP contribution in [0, 0.1) is 11.8 Å². The lowest BCUT2D eigenvalue weighted by atomic mass is 9.86. The van der Waals surface area contributed by atoms with Crippen LogP contribution >= 0.6 is 0 Å². The first-order chi connectivity index (χ1) is 28.2. The van der Waals surface area contributed by atoms with E-state index in [0.717, 1.165) is 51.6 Å². The maximum absolute atomic E-state index is 14.2. The number of ether oxygens (including phenoxy) is 2. The highest BCUT2D eigenvalue weighted by Crippen LogP contribution is 2.36. The van der Waals surface area contributed by atoms with Crippen LogP contribution in [0.5, 0.6) is 0 Å². The summed E-state index contributed by atoms with van der Waals surface area (Å²) >= 11 is 0. The summed E-state index contributed by atoms with van der Waals surface area (Å²) in [5, 5.41) is 9.66. The molecule has 1 aromatic carbocycles. The van der Waals surface area contributed by atoms with E-state index in [1.54, 1.807) is 57.2 Å². The molecule has 15 nitrogen and oxygen atoms in total. The second-order valence-corrected chi connectivity index (χ2v) is 16.7. The van der Waals surface area contributed by atoms with E-state index in [9.17, 15) is 28.0 Å². The summed E-state index contributed by atoms with van der Waals surface area (Å²) in [7, 11) is 2.02. The maximum Gasteiger partial charge on any atom is 0.409 e. The number of fused-ring (bicyclic) bond motifs is 1. The van der Waals surface area contributed by atoms with Crippen molar-refractivity contribution in [3.05, 3.63) is 83.5 Å². The van der Waals surface area contributed by atoms with Gasteiger partial charge < -0.3 is 29.0 Å². The molecular weight excluding hydrogens is 767 g/mol. The van der Waals surface area contributed by atoms with Gasteiger partial charge in [0.1, 0.15) is 18.0 Å². The Morgan fingerprint density at radius 1 is 1.02 bits per heavy atom. The Morgan fingerprint density at radius 3 is 2.37 bits per heavy atom.